The normalized spacial score (nSPS) is 23.8. The molecule has 0 radical (unpaired) electrons. The number of carbonyl (C=O) groups excluding carboxylic acids is 1. The zero-order valence-corrected chi connectivity index (χ0v) is 15.0. The minimum Gasteiger partial charge on any atom is -0.492 e. The van der Waals surface area contributed by atoms with Crippen molar-refractivity contribution in [2.45, 2.75) is 25.3 Å². The first-order chi connectivity index (χ1) is 12.1. The predicted molar refractivity (Wildman–Crippen MR) is 100 cm³/mol. The van der Waals surface area contributed by atoms with E-state index in [9.17, 15) is 9.90 Å². The van der Waals surface area contributed by atoms with Crippen LogP contribution in [0, 0.1) is 11.8 Å². The Balaban J connectivity index is 1.39. The number of thiazole rings is 1. The lowest BCUT2D eigenvalue weighted by Crippen LogP contribution is -2.23. The number of halogens is 1. The van der Waals surface area contributed by atoms with E-state index in [1.54, 1.807) is 24.3 Å². The third-order valence-corrected chi connectivity index (χ3v) is 6.04. The van der Waals surface area contributed by atoms with Gasteiger partial charge in [0.2, 0.25) is 11.8 Å². The largest absolute Gasteiger partial charge is 0.492 e. The number of benzene rings is 1. The summed E-state index contributed by atoms with van der Waals surface area (Å²) in [6.07, 6.45) is 6.91. The van der Waals surface area contributed by atoms with E-state index in [1.165, 1.54) is 17.8 Å². The minimum atomic E-state index is -0.235. The van der Waals surface area contributed by atoms with Crippen LogP contribution in [0.25, 0.3) is 0 Å². The second-order valence-electron chi connectivity index (χ2n) is 6.50. The van der Waals surface area contributed by atoms with Gasteiger partial charge in [-0.05, 0) is 36.8 Å². The van der Waals surface area contributed by atoms with Crippen molar-refractivity contribution >= 4 is 39.7 Å². The molecule has 130 valence electrons. The van der Waals surface area contributed by atoms with Crippen LogP contribution in [0.3, 0.4) is 0 Å². The van der Waals surface area contributed by atoms with Crippen LogP contribution in [0.15, 0.2) is 36.4 Å². The first-order valence-corrected chi connectivity index (χ1v) is 9.46. The molecule has 7 heteroatoms. The Morgan fingerprint density at radius 3 is 2.88 bits per heavy atom. The number of fused-ring (bicyclic) bond motifs is 2. The Kier molecular flexibility index (Phi) is 4.39. The van der Waals surface area contributed by atoms with E-state index < -0.39 is 0 Å². The van der Waals surface area contributed by atoms with Gasteiger partial charge >= 0.3 is 0 Å². The molecule has 1 saturated carbocycles. The molecule has 2 aromatic rings. The molecule has 2 bridgehead atoms. The number of rotatable bonds is 5. The SMILES string of the molecule is O=C(Cc1sc(NC2CC3C=CC2C3)nc1O)Nc1ccccc1Cl. The van der Waals surface area contributed by atoms with Crippen molar-refractivity contribution in [1.29, 1.82) is 0 Å². The molecule has 1 aromatic carbocycles. The number of aromatic hydroxyl groups is 1. The van der Waals surface area contributed by atoms with Gasteiger partial charge in [0, 0.05) is 6.04 Å². The fraction of sp³-hybridized carbons (Fsp3) is 0.333. The first kappa shape index (κ1) is 16.4. The molecule has 25 heavy (non-hydrogen) atoms. The number of carbonyl (C=O) groups is 1. The Labute approximate surface area is 154 Å². The number of hydrogen-bond acceptors (Lipinski definition) is 5. The average molecular weight is 376 g/mol. The highest BCUT2D eigenvalue weighted by Gasteiger charge is 2.36. The summed E-state index contributed by atoms with van der Waals surface area (Å²) in [5, 5.41) is 17.4. The van der Waals surface area contributed by atoms with Gasteiger partial charge in [-0.2, -0.15) is 4.98 Å². The van der Waals surface area contributed by atoms with Gasteiger partial charge in [0.05, 0.1) is 22.0 Å². The van der Waals surface area contributed by atoms with Crippen LogP contribution in [0.2, 0.25) is 5.02 Å². The van der Waals surface area contributed by atoms with Crippen molar-refractivity contribution in [1.82, 2.24) is 4.98 Å². The number of nitrogens with one attached hydrogen (secondary N) is 2. The van der Waals surface area contributed by atoms with E-state index in [-0.39, 0.29) is 18.2 Å². The maximum Gasteiger partial charge on any atom is 0.229 e. The van der Waals surface area contributed by atoms with Crippen molar-refractivity contribution in [3.05, 3.63) is 46.3 Å². The summed E-state index contributed by atoms with van der Waals surface area (Å²) in [4.78, 5) is 16.9. The number of para-hydroxylation sites is 1. The summed E-state index contributed by atoms with van der Waals surface area (Å²) >= 11 is 7.37. The maximum atomic E-state index is 12.2. The van der Waals surface area contributed by atoms with Crippen molar-refractivity contribution in [3.63, 3.8) is 0 Å². The topological polar surface area (TPSA) is 74.2 Å². The Morgan fingerprint density at radius 1 is 1.32 bits per heavy atom. The molecule has 1 amide bonds. The number of allylic oxidation sites excluding steroid dienone is 1. The zero-order valence-electron chi connectivity index (χ0n) is 13.4. The van der Waals surface area contributed by atoms with Crippen LogP contribution in [0.5, 0.6) is 5.88 Å². The molecule has 0 aliphatic heterocycles. The van der Waals surface area contributed by atoms with Crippen LogP contribution in [0.1, 0.15) is 17.7 Å². The maximum absolute atomic E-state index is 12.2. The van der Waals surface area contributed by atoms with Crippen LogP contribution in [-0.4, -0.2) is 22.0 Å². The van der Waals surface area contributed by atoms with Crippen molar-refractivity contribution in [2.75, 3.05) is 10.6 Å². The molecule has 1 fully saturated rings. The zero-order chi connectivity index (χ0) is 17.4. The summed E-state index contributed by atoms with van der Waals surface area (Å²) in [6.45, 7) is 0. The minimum absolute atomic E-state index is 0.0625. The fourth-order valence-corrected chi connectivity index (χ4v) is 4.63. The van der Waals surface area contributed by atoms with E-state index in [0.717, 1.165) is 6.42 Å². The number of amides is 1. The van der Waals surface area contributed by atoms with E-state index in [2.05, 4.69) is 27.8 Å². The summed E-state index contributed by atoms with van der Waals surface area (Å²) in [7, 11) is 0. The highest BCUT2D eigenvalue weighted by Crippen LogP contribution is 2.41. The fourth-order valence-electron chi connectivity index (χ4n) is 3.53. The van der Waals surface area contributed by atoms with Crippen LogP contribution >= 0.6 is 22.9 Å². The van der Waals surface area contributed by atoms with Crippen molar-refractivity contribution in [3.8, 4) is 5.88 Å². The molecule has 0 saturated heterocycles. The standard InChI is InChI=1S/C18H18ClN3O2S/c19-12-3-1-2-4-13(12)20-16(23)9-15-17(24)22-18(25-15)21-14-8-10-5-6-11(14)7-10/h1-6,10-11,14,24H,7-9H2,(H,20,23)(H,21,22). The number of aromatic nitrogens is 1. The lowest BCUT2D eigenvalue weighted by Gasteiger charge is -2.18. The number of nitrogens with zero attached hydrogens (tertiary/aromatic N) is 1. The smallest absolute Gasteiger partial charge is 0.229 e. The van der Waals surface area contributed by atoms with Crippen LogP contribution in [-0.2, 0) is 11.2 Å². The van der Waals surface area contributed by atoms with Gasteiger partial charge in [-0.25, -0.2) is 0 Å². The number of hydrogen-bond donors (Lipinski definition) is 3. The second kappa shape index (κ2) is 6.69. The van der Waals surface area contributed by atoms with E-state index >= 15 is 0 Å². The second-order valence-corrected chi connectivity index (χ2v) is 7.99. The van der Waals surface area contributed by atoms with Crippen molar-refractivity contribution in [2.24, 2.45) is 11.8 Å². The van der Waals surface area contributed by atoms with Crippen LogP contribution < -0.4 is 10.6 Å². The quantitative estimate of drug-likeness (QED) is 0.689. The highest BCUT2D eigenvalue weighted by molar-refractivity contribution is 7.16. The lowest BCUT2D eigenvalue weighted by atomic mass is 10.0. The molecule has 3 atom stereocenters. The molecule has 3 N–H and O–H groups in total. The molecule has 0 spiro atoms. The lowest BCUT2D eigenvalue weighted by molar-refractivity contribution is -0.115. The molecule has 2 aliphatic rings. The third kappa shape index (κ3) is 3.50. The molecule has 3 unspecified atom stereocenters. The molecule has 5 nitrogen and oxygen atoms in total. The molecule has 1 heterocycles. The van der Waals surface area contributed by atoms with E-state index in [1.807, 2.05) is 0 Å². The average Bonchev–Trinajstić information content (AvgIpc) is 3.27. The summed E-state index contributed by atoms with van der Waals surface area (Å²) in [5.41, 5.74) is 0.560. The van der Waals surface area contributed by atoms with Gasteiger partial charge in [0.15, 0.2) is 5.13 Å². The van der Waals surface area contributed by atoms with Crippen LogP contribution in [0.4, 0.5) is 10.8 Å². The molecular formula is C18H18ClN3O2S. The summed E-state index contributed by atoms with van der Waals surface area (Å²) in [6, 6.07) is 7.42. The van der Waals surface area contributed by atoms with Gasteiger partial charge in [0.1, 0.15) is 0 Å². The summed E-state index contributed by atoms with van der Waals surface area (Å²) < 4.78 is 0. The Bertz CT molecular complexity index is 835. The monoisotopic (exact) mass is 375 g/mol. The Morgan fingerprint density at radius 2 is 2.16 bits per heavy atom. The first-order valence-electron chi connectivity index (χ1n) is 8.26. The van der Waals surface area contributed by atoms with Gasteiger partial charge in [-0.15, -0.1) is 0 Å². The predicted octanol–water partition coefficient (Wildman–Crippen LogP) is 4.06. The van der Waals surface area contributed by atoms with Crippen molar-refractivity contribution < 1.29 is 9.90 Å². The van der Waals surface area contributed by atoms with E-state index in [4.69, 9.17) is 11.6 Å². The number of anilines is 2. The molecule has 4 rings (SSSR count). The summed E-state index contributed by atoms with van der Waals surface area (Å²) in [5.74, 6) is 0.891. The molecular weight excluding hydrogens is 358 g/mol. The van der Waals surface area contributed by atoms with Gasteiger partial charge in [-0.3, -0.25) is 4.79 Å². The molecule has 2 aliphatic carbocycles. The van der Waals surface area contributed by atoms with E-state index in [0.29, 0.717) is 38.6 Å². The van der Waals surface area contributed by atoms with Gasteiger partial charge in [-0.1, -0.05) is 47.2 Å². The van der Waals surface area contributed by atoms with Gasteiger partial charge < -0.3 is 15.7 Å². The molecule has 1 aromatic heterocycles. The highest BCUT2D eigenvalue weighted by atomic mass is 35.5. The third-order valence-electron chi connectivity index (χ3n) is 4.73. The Hall–Kier alpha value is -2.05. The van der Waals surface area contributed by atoms with Gasteiger partial charge in [0.25, 0.3) is 0 Å².